The zero-order valence-corrected chi connectivity index (χ0v) is 11.1. The maximum absolute atomic E-state index is 10.5. The van der Waals surface area contributed by atoms with Crippen LogP contribution in [0.5, 0.6) is 0 Å². The molecule has 4 heteroatoms. The minimum absolute atomic E-state index is 0.294. The average Bonchev–Trinajstić information content (AvgIpc) is 2.27. The van der Waals surface area contributed by atoms with Gasteiger partial charge in [-0.3, -0.25) is 0 Å². The molecule has 0 aromatic heterocycles. The van der Waals surface area contributed by atoms with Crippen LogP contribution in [-0.2, 0) is 4.52 Å². The quantitative estimate of drug-likeness (QED) is 0.782. The van der Waals surface area contributed by atoms with Crippen molar-refractivity contribution in [2.24, 2.45) is 0 Å². The SMILES string of the molecule is CCCCP(O)(O)(OC)c1cccc(C)c1. The second-order valence-corrected chi connectivity index (χ2v) is 7.77. The molecule has 0 aliphatic carbocycles. The van der Waals surface area contributed by atoms with E-state index in [4.69, 9.17) is 4.52 Å². The van der Waals surface area contributed by atoms with Crippen LogP contribution >= 0.6 is 7.28 Å². The molecule has 0 heterocycles. The topological polar surface area (TPSA) is 49.7 Å². The molecule has 0 unspecified atom stereocenters. The van der Waals surface area contributed by atoms with Crippen molar-refractivity contribution in [1.29, 1.82) is 0 Å². The molecule has 0 atom stereocenters. The zero-order chi connectivity index (χ0) is 12.3. The predicted octanol–water partition coefficient (Wildman–Crippen LogP) is 2.35. The molecule has 0 amide bonds. The van der Waals surface area contributed by atoms with Crippen LogP contribution in [0.25, 0.3) is 0 Å². The van der Waals surface area contributed by atoms with Crippen LogP contribution in [0.1, 0.15) is 25.3 Å². The van der Waals surface area contributed by atoms with Crippen molar-refractivity contribution in [3.63, 3.8) is 0 Å². The van der Waals surface area contributed by atoms with Crippen LogP contribution in [0, 0.1) is 6.92 Å². The fraction of sp³-hybridized carbons (Fsp3) is 0.500. The first-order valence-electron chi connectivity index (χ1n) is 5.56. The Labute approximate surface area is 97.3 Å². The molecule has 0 aliphatic heterocycles. The summed E-state index contributed by atoms with van der Waals surface area (Å²) in [7, 11) is -2.76. The first kappa shape index (κ1) is 13.6. The number of benzene rings is 1. The fourth-order valence-corrected chi connectivity index (χ4v) is 4.06. The van der Waals surface area contributed by atoms with Crippen LogP contribution in [0.15, 0.2) is 24.3 Å². The molecule has 0 spiro atoms. The third-order valence-electron chi connectivity index (χ3n) is 2.82. The summed E-state index contributed by atoms with van der Waals surface area (Å²) < 4.78 is 5.11. The molecule has 1 rings (SSSR count). The van der Waals surface area contributed by atoms with Gasteiger partial charge < -0.3 is 0 Å². The standard InChI is InChI=1S/C12H21O3P/c1-4-5-9-16(13,14,15-3)12-8-6-7-11(2)10-12/h6-8,10,13-14H,4-5,9H2,1-3H3. The molecule has 16 heavy (non-hydrogen) atoms. The summed E-state index contributed by atoms with van der Waals surface area (Å²) >= 11 is 0. The van der Waals surface area contributed by atoms with Crippen molar-refractivity contribution in [3.8, 4) is 0 Å². The molecule has 0 saturated heterocycles. The maximum atomic E-state index is 10.5. The van der Waals surface area contributed by atoms with Gasteiger partial charge in [0.05, 0.1) is 0 Å². The van der Waals surface area contributed by atoms with Gasteiger partial charge in [-0.25, -0.2) is 0 Å². The summed E-state index contributed by atoms with van der Waals surface area (Å²) in [4.78, 5) is 21.0. The molecule has 3 nitrogen and oxygen atoms in total. The fourth-order valence-electron chi connectivity index (χ4n) is 1.68. The Morgan fingerprint density at radius 3 is 2.50 bits per heavy atom. The summed E-state index contributed by atoms with van der Waals surface area (Å²) in [5, 5.41) is 0.516. The van der Waals surface area contributed by atoms with Crippen LogP contribution in [-0.4, -0.2) is 23.1 Å². The third-order valence-corrected chi connectivity index (χ3v) is 6.02. The molecule has 1 aromatic carbocycles. The summed E-state index contributed by atoms with van der Waals surface area (Å²) in [5.74, 6) is 0. The van der Waals surface area contributed by atoms with E-state index in [1.54, 1.807) is 12.1 Å². The number of aryl methyl sites for hydroxylation is 1. The van der Waals surface area contributed by atoms with Crippen molar-refractivity contribution in [3.05, 3.63) is 29.8 Å². The number of hydrogen-bond acceptors (Lipinski definition) is 3. The first-order valence-corrected chi connectivity index (χ1v) is 7.80. The van der Waals surface area contributed by atoms with Crippen molar-refractivity contribution < 1.29 is 14.3 Å². The van der Waals surface area contributed by atoms with Crippen molar-refractivity contribution in [1.82, 2.24) is 0 Å². The van der Waals surface area contributed by atoms with E-state index >= 15 is 0 Å². The minimum atomic E-state index is -4.13. The monoisotopic (exact) mass is 244 g/mol. The molecule has 0 radical (unpaired) electrons. The van der Waals surface area contributed by atoms with E-state index in [0.29, 0.717) is 11.5 Å². The number of unbranched alkanes of at least 4 members (excludes halogenated alkanes) is 1. The van der Waals surface area contributed by atoms with Crippen LogP contribution in [0.3, 0.4) is 0 Å². The van der Waals surface area contributed by atoms with Gasteiger partial charge >= 0.3 is 96.7 Å². The molecule has 2 N–H and O–H groups in total. The van der Waals surface area contributed by atoms with Gasteiger partial charge in [0.25, 0.3) is 0 Å². The third kappa shape index (κ3) is 2.80. The molecular weight excluding hydrogens is 223 g/mol. The number of hydrogen-bond donors (Lipinski definition) is 2. The second-order valence-electron chi connectivity index (χ2n) is 4.21. The normalized spacial score (nSPS) is 14.4. The van der Waals surface area contributed by atoms with Crippen molar-refractivity contribution in [2.75, 3.05) is 13.3 Å². The van der Waals surface area contributed by atoms with Crippen LogP contribution < -0.4 is 5.30 Å². The Morgan fingerprint density at radius 1 is 1.31 bits per heavy atom. The summed E-state index contributed by atoms with van der Waals surface area (Å²) in [6, 6.07) is 7.26. The van der Waals surface area contributed by atoms with E-state index < -0.39 is 7.28 Å². The van der Waals surface area contributed by atoms with E-state index in [0.717, 1.165) is 18.4 Å². The second kappa shape index (κ2) is 4.80. The molecule has 0 bridgehead atoms. The van der Waals surface area contributed by atoms with Crippen molar-refractivity contribution >= 4 is 12.6 Å². The Morgan fingerprint density at radius 2 is 2.00 bits per heavy atom. The summed E-state index contributed by atoms with van der Waals surface area (Å²) in [6.45, 7) is 3.94. The van der Waals surface area contributed by atoms with Gasteiger partial charge in [-0.2, -0.15) is 0 Å². The molecule has 0 fully saturated rings. The van der Waals surface area contributed by atoms with E-state index in [1.165, 1.54) is 7.11 Å². The van der Waals surface area contributed by atoms with Crippen LogP contribution in [0.2, 0.25) is 0 Å². The van der Waals surface area contributed by atoms with Gasteiger partial charge in [-0.1, -0.05) is 0 Å². The van der Waals surface area contributed by atoms with Gasteiger partial charge in [0.1, 0.15) is 0 Å². The molecular formula is C12H21O3P. The number of rotatable bonds is 5. The first-order chi connectivity index (χ1) is 7.41. The zero-order valence-electron chi connectivity index (χ0n) is 10.2. The van der Waals surface area contributed by atoms with Crippen LogP contribution in [0.4, 0.5) is 0 Å². The summed E-state index contributed by atoms with van der Waals surface area (Å²) in [5.41, 5.74) is 1.00. The summed E-state index contributed by atoms with van der Waals surface area (Å²) in [6.07, 6.45) is 1.95. The Hall–Kier alpha value is -0.470. The predicted molar refractivity (Wildman–Crippen MR) is 69.0 cm³/mol. The van der Waals surface area contributed by atoms with Gasteiger partial charge in [-0.05, 0) is 0 Å². The van der Waals surface area contributed by atoms with E-state index in [-0.39, 0.29) is 0 Å². The van der Waals surface area contributed by atoms with E-state index in [9.17, 15) is 9.79 Å². The van der Waals surface area contributed by atoms with Gasteiger partial charge in [-0.15, -0.1) is 0 Å². The van der Waals surface area contributed by atoms with Crippen molar-refractivity contribution in [2.45, 2.75) is 26.7 Å². The van der Waals surface area contributed by atoms with Gasteiger partial charge in [0.15, 0.2) is 0 Å². The molecule has 92 valence electrons. The van der Waals surface area contributed by atoms with Gasteiger partial charge in [0.2, 0.25) is 0 Å². The molecule has 0 aliphatic rings. The Kier molecular flexibility index (Phi) is 4.08. The Bertz CT molecular complexity index is 363. The molecule has 0 saturated carbocycles. The average molecular weight is 244 g/mol. The van der Waals surface area contributed by atoms with E-state index in [2.05, 4.69) is 0 Å². The van der Waals surface area contributed by atoms with E-state index in [1.807, 2.05) is 26.0 Å². The Balaban J connectivity index is 3.12. The van der Waals surface area contributed by atoms with Gasteiger partial charge in [0, 0.05) is 0 Å². The molecule has 1 aromatic rings.